The summed E-state index contributed by atoms with van der Waals surface area (Å²) in [5, 5.41) is 8.17. The molecule has 3 aromatic heterocycles. The van der Waals surface area contributed by atoms with Crippen LogP contribution in [0.25, 0.3) is 21.8 Å². The molecule has 1 aliphatic rings. The number of nitrogens with two attached hydrogens (primary N) is 1. The first-order valence-electron chi connectivity index (χ1n) is 10.8. The van der Waals surface area contributed by atoms with Crippen molar-refractivity contribution in [1.82, 2.24) is 29.8 Å². The van der Waals surface area contributed by atoms with E-state index in [2.05, 4.69) is 15.1 Å². The maximum absolute atomic E-state index is 13.6. The molecule has 4 heterocycles. The minimum Gasteiger partial charge on any atom is -0.382 e. The molecule has 0 unspecified atom stereocenters. The number of fused-ring (bicyclic) bond motifs is 3. The summed E-state index contributed by atoms with van der Waals surface area (Å²) in [6, 6.07) is 7.00. The van der Waals surface area contributed by atoms with Gasteiger partial charge >= 0.3 is 6.18 Å². The van der Waals surface area contributed by atoms with Crippen molar-refractivity contribution in [3.05, 3.63) is 59.5 Å². The summed E-state index contributed by atoms with van der Waals surface area (Å²) in [6.45, 7) is 0.159. The van der Waals surface area contributed by atoms with Crippen LogP contribution in [0.1, 0.15) is 34.5 Å². The van der Waals surface area contributed by atoms with Gasteiger partial charge in [0.25, 0.3) is 5.91 Å². The quantitative estimate of drug-likeness (QED) is 0.477. The average molecular weight is 483 g/mol. The summed E-state index contributed by atoms with van der Waals surface area (Å²) in [6.07, 6.45) is -1.32. The summed E-state index contributed by atoms with van der Waals surface area (Å²) in [4.78, 5) is 34.4. The monoisotopic (exact) mass is 483 g/mol. The SMILES string of the molecule is Cn1ncc2c3cc(C(=O)N(Cc4ccc(C(F)(F)F)cn4)N4CCCC4=O)ccc3nc(N)c21. The number of amides is 2. The van der Waals surface area contributed by atoms with Crippen LogP contribution in [0.15, 0.2) is 42.7 Å². The highest BCUT2D eigenvalue weighted by molar-refractivity contribution is 6.10. The fourth-order valence-corrected chi connectivity index (χ4v) is 4.25. The van der Waals surface area contributed by atoms with Gasteiger partial charge in [0.05, 0.1) is 29.5 Å². The number of carbonyl (C=O) groups excluding carboxylic acids is 2. The molecule has 12 heteroatoms. The molecule has 2 N–H and O–H groups in total. The number of alkyl halides is 3. The molecule has 2 amide bonds. The van der Waals surface area contributed by atoms with Crippen LogP contribution in [0, 0.1) is 0 Å². The van der Waals surface area contributed by atoms with Crippen LogP contribution in [0.5, 0.6) is 0 Å². The van der Waals surface area contributed by atoms with E-state index in [0.717, 1.165) is 17.6 Å². The zero-order valence-electron chi connectivity index (χ0n) is 18.6. The Balaban J connectivity index is 1.54. The van der Waals surface area contributed by atoms with Crippen molar-refractivity contribution in [2.45, 2.75) is 25.6 Å². The van der Waals surface area contributed by atoms with Crippen LogP contribution < -0.4 is 5.73 Å². The first-order chi connectivity index (χ1) is 16.6. The van der Waals surface area contributed by atoms with Crippen LogP contribution in [-0.4, -0.2) is 48.1 Å². The molecule has 0 aliphatic carbocycles. The molecule has 1 aromatic carbocycles. The molecular weight excluding hydrogens is 463 g/mol. The first-order valence-corrected chi connectivity index (χ1v) is 10.8. The molecule has 0 bridgehead atoms. The van der Waals surface area contributed by atoms with Crippen molar-refractivity contribution < 1.29 is 22.8 Å². The molecule has 1 aliphatic heterocycles. The third-order valence-corrected chi connectivity index (χ3v) is 5.99. The predicted octanol–water partition coefficient (Wildman–Crippen LogP) is 3.30. The highest BCUT2D eigenvalue weighted by atomic mass is 19.4. The van der Waals surface area contributed by atoms with Gasteiger partial charge in [0.1, 0.15) is 11.3 Å². The van der Waals surface area contributed by atoms with E-state index in [4.69, 9.17) is 5.73 Å². The highest BCUT2D eigenvalue weighted by Crippen LogP contribution is 2.30. The van der Waals surface area contributed by atoms with Crippen LogP contribution in [0.3, 0.4) is 0 Å². The third kappa shape index (κ3) is 4.00. The number of carbonyl (C=O) groups is 2. The molecule has 0 saturated carbocycles. The number of halogens is 3. The Morgan fingerprint density at radius 3 is 2.63 bits per heavy atom. The molecule has 9 nitrogen and oxygen atoms in total. The fourth-order valence-electron chi connectivity index (χ4n) is 4.25. The van der Waals surface area contributed by atoms with E-state index in [1.54, 1.807) is 36.1 Å². The lowest BCUT2D eigenvalue weighted by molar-refractivity contribution is -0.140. The number of rotatable bonds is 4. The molecule has 1 saturated heterocycles. The molecule has 4 aromatic rings. The van der Waals surface area contributed by atoms with Gasteiger partial charge in [-0.2, -0.15) is 18.3 Å². The lowest BCUT2D eigenvalue weighted by Gasteiger charge is -2.31. The molecular formula is C23H20F3N7O2. The smallest absolute Gasteiger partial charge is 0.382 e. The number of nitrogen functional groups attached to an aromatic ring is 1. The van der Waals surface area contributed by atoms with Gasteiger partial charge in [-0.3, -0.25) is 24.3 Å². The number of pyridine rings is 2. The number of aryl methyl sites for hydroxylation is 1. The van der Waals surface area contributed by atoms with Crippen molar-refractivity contribution in [1.29, 1.82) is 0 Å². The Labute approximate surface area is 196 Å². The van der Waals surface area contributed by atoms with Crippen molar-refractivity contribution >= 4 is 39.4 Å². The van der Waals surface area contributed by atoms with E-state index in [1.165, 1.54) is 16.1 Å². The van der Waals surface area contributed by atoms with Gasteiger partial charge in [-0.15, -0.1) is 0 Å². The van der Waals surface area contributed by atoms with E-state index in [0.29, 0.717) is 35.2 Å². The van der Waals surface area contributed by atoms with Gasteiger partial charge < -0.3 is 5.73 Å². The van der Waals surface area contributed by atoms with Gasteiger partial charge in [-0.1, -0.05) is 0 Å². The summed E-state index contributed by atoms with van der Waals surface area (Å²) in [5.41, 5.74) is 6.88. The summed E-state index contributed by atoms with van der Waals surface area (Å²) >= 11 is 0. The molecule has 35 heavy (non-hydrogen) atoms. The number of hydrazine groups is 1. The maximum Gasteiger partial charge on any atom is 0.417 e. The summed E-state index contributed by atoms with van der Waals surface area (Å²) in [7, 11) is 1.74. The van der Waals surface area contributed by atoms with E-state index in [-0.39, 0.29) is 30.1 Å². The largest absolute Gasteiger partial charge is 0.417 e. The van der Waals surface area contributed by atoms with Crippen LogP contribution >= 0.6 is 0 Å². The number of anilines is 1. The Kier molecular flexibility index (Phi) is 5.30. The first kappa shape index (κ1) is 22.6. The topological polar surface area (TPSA) is 110 Å². The number of nitrogens with zero attached hydrogens (tertiary/aromatic N) is 6. The second-order valence-corrected chi connectivity index (χ2v) is 8.28. The maximum atomic E-state index is 13.6. The second-order valence-electron chi connectivity index (χ2n) is 8.28. The zero-order valence-corrected chi connectivity index (χ0v) is 18.6. The molecule has 180 valence electrons. The predicted molar refractivity (Wildman–Crippen MR) is 120 cm³/mol. The Morgan fingerprint density at radius 2 is 1.97 bits per heavy atom. The zero-order chi connectivity index (χ0) is 24.9. The van der Waals surface area contributed by atoms with Crippen molar-refractivity contribution in [2.24, 2.45) is 7.05 Å². The average Bonchev–Trinajstić information content (AvgIpc) is 3.42. The fraction of sp³-hybridized carbons (Fsp3) is 0.261. The Bertz CT molecular complexity index is 1460. The van der Waals surface area contributed by atoms with Crippen molar-refractivity contribution in [3.63, 3.8) is 0 Å². The van der Waals surface area contributed by atoms with E-state index < -0.39 is 17.6 Å². The Morgan fingerprint density at radius 1 is 1.17 bits per heavy atom. The highest BCUT2D eigenvalue weighted by Gasteiger charge is 2.33. The van der Waals surface area contributed by atoms with Gasteiger partial charge in [0, 0.05) is 42.5 Å². The minimum atomic E-state index is -4.52. The summed E-state index contributed by atoms with van der Waals surface area (Å²) in [5.74, 6) is -0.419. The number of aromatic nitrogens is 4. The van der Waals surface area contributed by atoms with E-state index >= 15 is 0 Å². The van der Waals surface area contributed by atoms with Gasteiger partial charge in [0.2, 0.25) is 5.91 Å². The van der Waals surface area contributed by atoms with Gasteiger partial charge in [-0.05, 0) is 36.8 Å². The third-order valence-electron chi connectivity index (χ3n) is 5.99. The van der Waals surface area contributed by atoms with E-state index in [1.807, 2.05) is 0 Å². The second kappa shape index (κ2) is 8.22. The molecule has 0 atom stereocenters. The Hall–Kier alpha value is -4.22. The molecule has 5 rings (SSSR count). The molecule has 0 spiro atoms. The summed E-state index contributed by atoms with van der Waals surface area (Å²) < 4.78 is 40.3. The van der Waals surface area contributed by atoms with Crippen LogP contribution in [0.2, 0.25) is 0 Å². The van der Waals surface area contributed by atoms with Crippen molar-refractivity contribution in [2.75, 3.05) is 12.3 Å². The molecule has 0 radical (unpaired) electrons. The normalized spacial score (nSPS) is 14.3. The van der Waals surface area contributed by atoms with Gasteiger partial charge in [0.15, 0.2) is 0 Å². The lowest BCUT2D eigenvalue weighted by Crippen LogP contribution is -2.46. The van der Waals surface area contributed by atoms with Crippen LogP contribution in [-0.2, 0) is 24.6 Å². The van der Waals surface area contributed by atoms with Gasteiger partial charge in [-0.25, -0.2) is 9.99 Å². The standard InChI is InChI=1S/C23H20F3N7O2/c1-31-20-17(11-29-31)16-9-13(4-7-18(16)30-21(20)27)22(35)33(32-8-2-3-19(32)34)12-15-6-5-14(10-28-15)23(24,25)26/h4-7,9-11H,2-3,8,12H2,1H3,(H2,27,30). The minimum absolute atomic E-state index is 0.164. The molecule has 1 fully saturated rings. The number of benzene rings is 1. The van der Waals surface area contributed by atoms with Crippen molar-refractivity contribution in [3.8, 4) is 0 Å². The number of hydrogen-bond donors (Lipinski definition) is 1. The lowest BCUT2D eigenvalue weighted by atomic mass is 10.1. The van der Waals surface area contributed by atoms with E-state index in [9.17, 15) is 22.8 Å². The van der Waals surface area contributed by atoms with Crippen LogP contribution in [0.4, 0.5) is 19.0 Å². The number of hydrogen-bond acceptors (Lipinski definition) is 6.